The highest BCUT2D eigenvalue weighted by Gasteiger charge is 2.37. The van der Waals surface area contributed by atoms with Crippen LogP contribution in [-0.4, -0.2) is 45.1 Å². The van der Waals surface area contributed by atoms with Gasteiger partial charge in [0.05, 0.1) is 5.60 Å². The lowest BCUT2D eigenvalue weighted by Gasteiger charge is -2.40. The summed E-state index contributed by atoms with van der Waals surface area (Å²) in [5.74, 6) is 0.718. The maximum absolute atomic E-state index is 11.1. The first kappa shape index (κ1) is 16.6. The van der Waals surface area contributed by atoms with Gasteiger partial charge in [-0.15, -0.1) is 0 Å². The SMILES string of the molecule is N[C@@H]1CCN(C2CCC(O)(c3ccc(-c4ncccn4)cc3)CC2)C1. The highest BCUT2D eigenvalue weighted by Crippen LogP contribution is 2.39. The van der Waals surface area contributed by atoms with E-state index in [2.05, 4.69) is 14.9 Å². The average molecular weight is 338 g/mol. The molecule has 0 unspecified atom stereocenters. The molecule has 1 saturated carbocycles. The molecular weight excluding hydrogens is 312 g/mol. The van der Waals surface area contributed by atoms with Crippen molar-refractivity contribution in [2.24, 2.45) is 5.73 Å². The van der Waals surface area contributed by atoms with Crippen LogP contribution >= 0.6 is 0 Å². The Morgan fingerprint density at radius 1 is 1.04 bits per heavy atom. The Kier molecular flexibility index (Phi) is 4.54. The molecule has 132 valence electrons. The molecule has 4 rings (SSSR count). The molecule has 1 aliphatic heterocycles. The van der Waals surface area contributed by atoms with E-state index in [1.807, 2.05) is 30.3 Å². The number of likely N-dealkylation sites (tertiary alicyclic amines) is 1. The molecule has 25 heavy (non-hydrogen) atoms. The Morgan fingerprint density at radius 2 is 1.72 bits per heavy atom. The maximum atomic E-state index is 11.1. The highest BCUT2D eigenvalue weighted by molar-refractivity contribution is 5.55. The molecular formula is C20H26N4O. The number of hydrogen-bond acceptors (Lipinski definition) is 5. The number of rotatable bonds is 3. The zero-order chi connectivity index (χ0) is 17.3. The van der Waals surface area contributed by atoms with Gasteiger partial charge in [0.25, 0.3) is 0 Å². The Hall–Kier alpha value is -1.82. The van der Waals surface area contributed by atoms with Gasteiger partial charge in [-0.25, -0.2) is 9.97 Å². The second-order valence-electron chi connectivity index (χ2n) is 7.46. The van der Waals surface area contributed by atoms with Gasteiger partial charge in [-0.2, -0.15) is 0 Å². The fourth-order valence-corrected chi connectivity index (χ4v) is 4.26. The molecule has 1 aliphatic carbocycles. The minimum absolute atomic E-state index is 0.327. The van der Waals surface area contributed by atoms with E-state index in [-0.39, 0.29) is 0 Å². The first-order chi connectivity index (χ1) is 12.1. The lowest BCUT2D eigenvalue weighted by atomic mass is 9.77. The van der Waals surface area contributed by atoms with Gasteiger partial charge >= 0.3 is 0 Å². The van der Waals surface area contributed by atoms with Crippen LogP contribution < -0.4 is 5.73 Å². The Labute approximate surface area is 148 Å². The molecule has 1 atom stereocenters. The first-order valence-electron chi connectivity index (χ1n) is 9.24. The van der Waals surface area contributed by atoms with Crippen molar-refractivity contribution in [2.45, 2.75) is 49.8 Å². The van der Waals surface area contributed by atoms with E-state index >= 15 is 0 Å². The van der Waals surface area contributed by atoms with Crippen LogP contribution in [0.25, 0.3) is 11.4 Å². The standard InChI is InChI=1S/C20H26N4O/c21-17-8-13-24(14-17)18-6-9-20(25,10-7-18)16-4-2-15(3-5-16)19-22-11-1-12-23-19/h1-5,11-12,17-18,25H,6-10,13-14,21H2/t17-,18?,20?/m1/s1. The minimum Gasteiger partial charge on any atom is -0.385 e. The molecule has 0 amide bonds. The van der Waals surface area contributed by atoms with Crippen LogP contribution in [0.15, 0.2) is 42.7 Å². The summed E-state index contributed by atoms with van der Waals surface area (Å²) >= 11 is 0. The zero-order valence-electron chi connectivity index (χ0n) is 14.5. The molecule has 0 bridgehead atoms. The van der Waals surface area contributed by atoms with Gasteiger partial charge in [-0.1, -0.05) is 24.3 Å². The number of nitrogens with two attached hydrogens (primary N) is 1. The second kappa shape index (κ2) is 6.83. The Morgan fingerprint density at radius 3 is 2.32 bits per heavy atom. The minimum atomic E-state index is -0.714. The van der Waals surface area contributed by atoms with Crippen LogP contribution in [-0.2, 0) is 5.60 Å². The predicted octanol–water partition coefficient (Wildman–Crippen LogP) is 2.31. The van der Waals surface area contributed by atoms with E-state index in [9.17, 15) is 5.11 Å². The molecule has 3 N–H and O–H groups in total. The van der Waals surface area contributed by atoms with Gasteiger partial charge in [-0.3, -0.25) is 4.90 Å². The smallest absolute Gasteiger partial charge is 0.159 e. The summed E-state index contributed by atoms with van der Waals surface area (Å²) in [6, 6.07) is 10.8. The summed E-state index contributed by atoms with van der Waals surface area (Å²) in [5, 5.41) is 11.1. The number of nitrogens with zero attached hydrogens (tertiary/aromatic N) is 3. The van der Waals surface area contributed by atoms with E-state index in [1.54, 1.807) is 12.4 Å². The van der Waals surface area contributed by atoms with E-state index in [0.717, 1.165) is 62.1 Å². The van der Waals surface area contributed by atoms with E-state index in [0.29, 0.717) is 12.1 Å². The van der Waals surface area contributed by atoms with Gasteiger partial charge in [0.1, 0.15) is 0 Å². The van der Waals surface area contributed by atoms with Gasteiger partial charge in [-0.05, 0) is 43.7 Å². The second-order valence-corrected chi connectivity index (χ2v) is 7.46. The Balaban J connectivity index is 1.43. The van der Waals surface area contributed by atoms with Gasteiger partial charge in [0.2, 0.25) is 0 Å². The van der Waals surface area contributed by atoms with Crippen LogP contribution in [0.2, 0.25) is 0 Å². The first-order valence-corrected chi connectivity index (χ1v) is 9.24. The molecule has 2 heterocycles. The van der Waals surface area contributed by atoms with Crippen molar-refractivity contribution in [3.63, 3.8) is 0 Å². The summed E-state index contributed by atoms with van der Waals surface area (Å²) in [4.78, 5) is 11.1. The zero-order valence-corrected chi connectivity index (χ0v) is 14.5. The van der Waals surface area contributed by atoms with Gasteiger partial charge < -0.3 is 10.8 Å². The summed E-state index contributed by atoms with van der Waals surface area (Å²) in [6.07, 6.45) is 8.28. The summed E-state index contributed by atoms with van der Waals surface area (Å²) in [7, 11) is 0. The molecule has 0 spiro atoms. The van der Waals surface area contributed by atoms with Crippen molar-refractivity contribution in [3.05, 3.63) is 48.3 Å². The van der Waals surface area contributed by atoms with Gasteiger partial charge in [0.15, 0.2) is 5.82 Å². The lowest BCUT2D eigenvalue weighted by molar-refractivity contribution is -0.0222. The van der Waals surface area contributed by atoms with Crippen LogP contribution in [0.5, 0.6) is 0 Å². The predicted molar refractivity (Wildman–Crippen MR) is 97.8 cm³/mol. The lowest BCUT2D eigenvalue weighted by Crippen LogP contribution is -2.42. The van der Waals surface area contributed by atoms with Crippen molar-refractivity contribution in [3.8, 4) is 11.4 Å². The fourth-order valence-electron chi connectivity index (χ4n) is 4.26. The molecule has 1 aromatic heterocycles. The van der Waals surface area contributed by atoms with Gasteiger partial charge in [0, 0.05) is 43.1 Å². The monoisotopic (exact) mass is 338 g/mol. The molecule has 2 aliphatic rings. The third kappa shape index (κ3) is 3.45. The molecule has 5 heteroatoms. The molecule has 0 radical (unpaired) electrons. The molecule has 2 aromatic rings. The van der Waals surface area contributed by atoms with E-state index in [1.165, 1.54) is 0 Å². The van der Waals surface area contributed by atoms with Crippen LogP contribution in [0.1, 0.15) is 37.7 Å². The van der Waals surface area contributed by atoms with E-state index < -0.39 is 5.60 Å². The Bertz CT molecular complexity index is 695. The molecule has 5 nitrogen and oxygen atoms in total. The number of aliphatic hydroxyl groups is 1. The van der Waals surface area contributed by atoms with Crippen molar-refractivity contribution in [2.75, 3.05) is 13.1 Å². The van der Waals surface area contributed by atoms with Crippen LogP contribution in [0.3, 0.4) is 0 Å². The molecule has 1 aromatic carbocycles. The summed E-state index contributed by atoms with van der Waals surface area (Å²) in [5.41, 5.74) is 7.31. The fraction of sp³-hybridized carbons (Fsp3) is 0.500. The van der Waals surface area contributed by atoms with Crippen LogP contribution in [0, 0.1) is 0 Å². The van der Waals surface area contributed by atoms with Crippen molar-refractivity contribution in [1.29, 1.82) is 0 Å². The average Bonchev–Trinajstić information content (AvgIpc) is 3.09. The number of aromatic nitrogens is 2. The maximum Gasteiger partial charge on any atom is 0.159 e. The topological polar surface area (TPSA) is 75.3 Å². The molecule has 1 saturated heterocycles. The van der Waals surface area contributed by atoms with Crippen LogP contribution in [0.4, 0.5) is 0 Å². The third-order valence-electron chi connectivity index (χ3n) is 5.80. The molecule has 2 fully saturated rings. The van der Waals surface area contributed by atoms with Crippen molar-refractivity contribution < 1.29 is 5.11 Å². The van der Waals surface area contributed by atoms with E-state index in [4.69, 9.17) is 5.73 Å². The summed E-state index contributed by atoms with van der Waals surface area (Å²) in [6.45, 7) is 2.12. The number of benzene rings is 1. The van der Waals surface area contributed by atoms with Crippen molar-refractivity contribution >= 4 is 0 Å². The normalized spacial score (nSPS) is 30.5. The van der Waals surface area contributed by atoms with Crippen molar-refractivity contribution in [1.82, 2.24) is 14.9 Å². The number of hydrogen-bond donors (Lipinski definition) is 2. The third-order valence-corrected chi connectivity index (χ3v) is 5.80. The largest absolute Gasteiger partial charge is 0.385 e. The quantitative estimate of drug-likeness (QED) is 0.898. The highest BCUT2D eigenvalue weighted by atomic mass is 16.3. The summed E-state index contributed by atoms with van der Waals surface area (Å²) < 4.78 is 0.